The summed E-state index contributed by atoms with van der Waals surface area (Å²) in [5.74, 6) is 2.54. The van der Waals surface area contributed by atoms with Gasteiger partial charge < -0.3 is 19.9 Å². The lowest BCUT2D eigenvalue weighted by atomic mass is 10.0. The number of nitrogens with two attached hydrogens (primary N) is 1. The summed E-state index contributed by atoms with van der Waals surface area (Å²) in [6.45, 7) is 0. The van der Waals surface area contributed by atoms with Crippen molar-refractivity contribution >= 4 is 0 Å². The van der Waals surface area contributed by atoms with Gasteiger partial charge in [0.1, 0.15) is 0 Å². The molecule has 2 N–H and O–H groups in total. The van der Waals surface area contributed by atoms with E-state index in [2.05, 4.69) is 0 Å². The van der Waals surface area contributed by atoms with E-state index < -0.39 is 0 Å². The van der Waals surface area contributed by atoms with Gasteiger partial charge in [0.15, 0.2) is 11.5 Å². The van der Waals surface area contributed by atoms with Crippen LogP contribution < -0.4 is 19.9 Å². The molecule has 4 heteroatoms. The van der Waals surface area contributed by atoms with Crippen molar-refractivity contribution in [3.63, 3.8) is 0 Å². The number of benzene rings is 1. The predicted molar refractivity (Wildman–Crippen MR) is 65.8 cm³/mol. The van der Waals surface area contributed by atoms with Gasteiger partial charge in [0.05, 0.1) is 21.3 Å². The number of hydrogen-bond acceptors (Lipinski definition) is 4. The Bertz CT molecular complexity index is 377. The van der Waals surface area contributed by atoms with Crippen molar-refractivity contribution in [2.45, 2.75) is 18.9 Å². The van der Waals surface area contributed by atoms with Crippen molar-refractivity contribution in [2.24, 2.45) is 11.7 Å². The van der Waals surface area contributed by atoms with Crippen LogP contribution in [0.25, 0.3) is 0 Å². The maximum Gasteiger partial charge on any atom is 0.203 e. The maximum absolute atomic E-state index is 6.19. The van der Waals surface area contributed by atoms with Gasteiger partial charge in [-0.05, 0) is 36.5 Å². The van der Waals surface area contributed by atoms with Crippen molar-refractivity contribution < 1.29 is 14.2 Å². The zero-order valence-electron chi connectivity index (χ0n) is 10.5. The minimum atomic E-state index is 0.0590. The van der Waals surface area contributed by atoms with Gasteiger partial charge in [0, 0.05) is 6.04 Å². The minimum absolute atomic E-state index is 0.0590. The summed E-state index contributed by atoms with van der Waals surface area (Å²) < 4.78 is 15.9. The first-order valence-corrected chi connectivity index (χ1v) is 5.76. The second-order valence-electron chi connectivity index (χ2n) is 4.32. The molecule has 0 amide bonds. The van der Waals surface area contributed by atoms with Crippen molar-refractivity contribution in [2.75, 3.05) is 21.3 Å². The molecule has 1 aromatic rings. The molecule has 0 bridgehead atoms. The van der Waals surface area contributed by atoms with Crippen LogP contribution in [0.1, 0.15) is 24.4 Å². The van der Waals surface area contributed by atoms with Gasteiger partial charge in [0.2, 0.25) is 5.75 Å². The smallest absolute Gasteiger partial charge is 0.203 e. The van der Waals surface area contributed by atoms with E-state index in [1.807, 2.05) is 12.1 Å². The molecule has 2 rings (SSSR count). The van der Waals surface area contributed by atoms with Crippen LogP contribution in [0, 0.1) is 5.92 Å². The molecule has 1 fully saturated rings. The summed E-state index contributed by atoms with van der Waals surface area (Å²) in [7, 11) is 4.83. The Labute approximate surface area is 102 Å². The molecule has 0 aliphatic heterocycles. The second kappa shape index (κ2) is 4.84. The van der Waals surface area contributed by atoms with Crippen LogP contribution in [0.5, 0.6) is 17.2 Å². The zero-order chi connectivity index (χ0) is 12.4. The summed E-state index contributed by atoms with van der Waals surface area (Å²) in [4.78, 5) is 0. The van der Waals surface area contributed by atoms with Crippen LogP contribution in [-0.4, -0.2) is 21.3 Å². The summed E-state index contributed by atoms with van der Waals surface area (Å²) in [5, 5.41) is 0. The highest BCUT2D eigenvalue weighted by Gasteiger charge is 2.30. The maximum atomic E-state index is 6.19. The van der Waals surface area contributed by atoms with Gasteiger partial charge in [-0.15, -0.1) is 0 Å². The molecule has 4 nitrogen and oxygen atoms in total. The fourth-order valence-corrected chi connectivity index (χ4v) is 2.02. The molecule has 0 saturated heterocycles. The lowest BCUT2D eigenvalue weighted by molar-refractivity contribution is 0.323. The first-order valence-electron chi connectivity index (χ1n) is 5.76. The Balaban J connectivity index is 2.40. The predicted octanol–water partition coefficient (Wildman–Crippen LogP) is 2.12. The van der Waals surface area contributed by atoms with Crippen LogP contribution >= 0.6 is 0 Å². The van der Waals surface area contributed by atoms with E-state index in [-0.39, 0.29) is 6.04 Å². The third-order valence-corrected chi connectivity index (χ3v) is 3.20. The van der Waals surface area contributed by atoms with Crippen molar-refractivity contribution in [3.8, 4) is 17.2 Å². The molecule has 1 aromatic carbocycles. The molecular formula is C13H19NO3. The molecule has 1 aliphatic carbocycles. The van der Waals surface area contributed by atoms with Gasteiger partial charge in [0.25, 0.3) is 0 Å². The highest BCUT2D eigenvalue weighted by atomic mass is 16.5. The third-order valence-electron chi connectivity index (χ3n) is 3.20. The van der Waals surface area contributed by atoms with Gasteiger partial charge in [-0.2, -0.15) is 0 Å². The van der Waals surface area contributed by atoms with Crippen LogP contribution in [0.3, 0.4) is 0 Å². The Kier molecular flexibility index (Phi) is 3.43. The highest BCUT2D eigenvalue weighted by molar-refractivity contribution is 5.54. The van der Waals surface area contributed by atoms with Crippen LogP contribution in [0.4, 0.5) is 0 Å². The molecule has 0 radical (unpaired) electrons. The number of ether oxygens (including phenoxy) is 3. The van der Waals surface area contributed by atoms with Gasteiger partial charge >= 0.3 is 0 Å². The lowest BCUT2D eigenvalue weighted by Crippen LogP contribution is -2.12. The van der Waals surface area contributed by atoms with E-state index in [0.717, 1.165) is 5.56 Å². The molecule has 1 atom stereocenters. The van der Waals surface area contributed by atoms with E-state index in [4.69, 9.17) is 19.9 Å². The lowest BCUT2D eigenvalue weighted by Gasteiger charge is -2.17. The monoisotopic (exact) mass is 237 g/mol. The number of methoxy groups -OCH3 is 3. The van der Waals surface area contributed by atoms with Crippen LogP contribution in [0.15, 0.2) is 12.1 Å². The fraction of sp³-hybridized carbons (Fsp3) is 0.538. The Morgan fingerprint density at radius 2 is 1.59 bits per heavy atom. The standard InChI is InChI=1S/C13H19NO3/c1-15-10-6-9(12(14)8-4-5-8)7-11(16-2)13(10)17-3/h6-8,12H,4-5,14H2,1-3H3/t12-/m0/s1. The molecular weight excluding hydrogens is 218 g/mol. The first kappa shape index (κ1) is 12.0. The summed E-state index contributed by atoms with van der Waals surface area (Å²) in [6.07, 6.45) is 2.41. The average Bonchev–Trinajstić information content (AvgIpc) is 3.20. The average molecular weight is 237 g/mol. The topological polar surface area (TPSA) is 53.7 Å². The Morgan fingerprint density at radius 3 is 1.94 bits per heavy atom. The quantitative estimate of drug-likeness (QED) is 0.852. The Hall–Kier alpha value is -1.42. The second-order valence-corrected chi connectivity index (χ2v) is 4.32. The van der Waals surface area contributed by atoms with Crippen LogP contribution in [0.2, 0.25) is 0 Å². The molecule has 0 spiro atoms. The first-order chi connectivity index (χ1) is 8.21. The molecule has 1 saturated carbocycles. The summed E-state index contributed by atoms with van der Waals surface area (Å²) in [5.41, 5.74) is 7.23. The van der Waals surface area contributed by atoms with Crippen molar-refractivity contribution in [3.05, 3.63) is 17.7 Å². The molecule has 1 aliphatic rings. The molecule has 0 heterocycles. The number of hydrogen-bond donors (Lipinski definition) is 1. The number of rotatable bonds is 5. The molecule has 94 valence electrons. The zero-order valence-corrected chi connectivity index (χ0v) is 10.5. The van der Waals surface area contributed by atoms with E-state index in [0.29, 0.717) is 23.2 Å². The molecule has 17 heavy (non-hydrogen) atoms. The third kappa shape index (κ3) is 2.31. The SMILES string of the molecule is COc1cc([C@@H](N)C2CC2)cc(OC)c1OC. The van der Waals surface area contributed by atoms with Crippen LogP contribution in [-0.2, 0) is 0 Å². The van der Waals surface area contributed by atoms with Gasteiger partial charge in [-0.1, -0.05) is 0 Å². The van der Waals surface area contributed by atoms with Crippen molar-refractivity contribution in [1.82, 2.24) is 0 Å². The molecule has 0 aromatic heterocycles. The normalized spacial score (nSPS) is 16.5. The van der Waals surface area contributed by atoms with E-state index >= 15 is 0 Å². The summed E-state index contributed by atoms with van der Waals surface area (Å²) in [6, 6.07) is 3.93. The van der Waals surface area contributed by atoms with E-state index in [1.54, 1.807) is 21.3 Å². The molecule has 0 unspecified atom stereocenters. The van der Waals surface area contributed by atoms with Crippen molar-refractivity contribution in [1.29, 1.82) is 0 Å². The largest absolute Gasteiger partial charge is 0.493 e. The fourth-order valence-electron chi connectivity index (χ4n) is 2.02. The minimum Gasteiger partial charge on any atom is -0.493 e. The van der Waals surface area contributed by atoms with E-state index in [9.17, 15) is 0 Å². The summed E-state index contributed by atoms with van der Waals surface area (Å²) >= 11 is 0. The van der Waals surface area contributed by atoms with E-state index in [1.165, 1.54) is 12.8 Å². The van der Waals surface area contributed by atoms with Gasteiger partial charge in [-0.25, -0.2) is 0 Å². The Morgan fingerprint density at radius 1 is 1.06 bits per heavy atom. The highest BCUT2D eigenvalue weighted by Crippen LogP contribution is 2.44. The van der Waals surface area contributed by atoms with Gasteiger partial charge in [-0.3, -0.25) is 0 Å².